The van der Waals surface area contributed by atoms with E-state index >= 15 is 0 Å². The molecule has 0 aliphatic carbocycles. The third-order valence-corrected chi connectivity index (χ3v) is 3.37. The van der Waals surface area contributed by atoms with Crippen molar-refractivity contribution < 1.29 is 4.79 Å². The number of halogens is 1. The van der Waals surface area contributed by atoms with Gasteiger partial charge in [0.25, 0.3) is 0 Å². The Bertz CT molecular complexity index is 423. The van der Waals surface area contributed by atoms with Crippen molar-refractivity contribution in [3.8, 4) is 0 Å². The van der Waals surface area contributed by atoms with Gasteiger partial charge in [0.1, 0.15) is 5.54 Å². The minimum Gasteiger partial charge on any atom is -0.349 e. The van der Waals surface area contributed by atoms with Crippen LogP contribution in [0.1, 0.15) is 12.8 Å². The van der Waals surface area contributed by atoms with Gasteiger partial charge in [-0.2, -0.15) is 5.10 Å². The molecule has 2 N–H and O–H groups in total. The third kappa shape index (κ3) is 2.57. The summed E-state index contributed by atoms with van der Waals surface area (Å²) in [5.41, 5.74) is -0.610. The van der Waals surface area contributed by atoms with Crippen LogP contribution in [0.2, 0.25) is 0 Å². The van der Waals surface area contributed by atoms with Gasteiger partial charge in [0.15, 0.2) is 0 Å². The van der Waals surface area contributed by atoms with Crippen molar-refractivity contribution in [3.63, 3.8) is 0 Å². The number of nitrogens with zero attached hydrogens (tertiary/aromatic N) is 2. The fraction of sp³-hybridized carbons (Fsp3) is 0.500. The molecule has 0 unspecified atom stereocenters. The molecule has 1 saturated heterocycles. The summed E-state index contributed by atoms with van der Waals surface area (Å²) >= 11 is 5.69. The molecule has 0 aromatic carbocycles. The smallest absolute Gasteiger partial charge is 0.248 e. The van der Waals surface area contributed by atoms with Crippen LogP contribution in [0.5, 0.6) is 0 Å². The third-order valence-electron chi connectivity index (χ3n) is 3.24. The second kappa shape index (κ2) is 5.54. The van der Waals surface area contributed by atoms with E-state index in [1.807, 2.05) is 12.3 Å². The number of amides is 1. The Hall–Kier alpha value is -1.33. The Balaban J connectivity index is 2.19. The molecule has 0 bridgehead atoms. The number of aromatic nitrogens is 2. The fourth-order valence-corrected chi connectivity index (χ4v) is 2.33. The van der Waals surface area contributed by atoms with Crippen molar-refractivity contribution in [3.05, 3.63) is 30.1 Å². The van der Waals surface area contributed by atoms with Gasteiger partial charge in [0.05, 0.1) is 6.54 Å². The lowest BCUT2D eigenvalue weighted by atomic mass is 9.87. The van der Waals surface area contributed by atoms with Crippen molar-refractivity contribution in [2.24, 2.45) is 0 Å². The number of piperidine rings is 1. The molecule has 18 heavy (non-hydrogen) atoms. The standard InChI is InChI=1S/C12H17ClN4O/c1-10(13)9-15-11(18)12(3-6-14-7-4-12)17-8-2-5-16-17/h2,5,8,14H,1,3-4,6-7,9H2,(H,15,18). The average molecular weight is 269 g/mol. The minimum absolute atomic E-state index is 0.0468. The van der Waals surface area contributed by atoms with Crippen molar-refractivity contribution in [1.29, 1.82) is 0 Å². The molecule has 2 rings (SSSR count). The Kier molecular flexibility index (Phi) is 4.04. The number of hydrogen-bond donors (Lipinski definition) is 2. The fourth-order valence-electron chi connectivity index (χ4n) is 2.26. The molecule has 98 valence electrons. The summed E-state index contributed by atoms with van der Waals surface area (Å²) in [5, 5.41) is 10.7. The molecule has 1 aromatic rings. The van der Waals surface area contributed by atoms with Crippen molar-refractivity contribution in [1.82, 2.24) is 20.4 Å². The summed E-state index contributed by atoms with van der Waals surface area (Å²) in [6.45, 7) is 5.46. The monoisotopic (exact) mass is 268 g/mol. The van der Waals surface area contributed by atoms with Crippen LogP contribution in [0.3, 0.4) is 0 Å². The van der Waals surface area contributed by atoms with Gasteiger partial charge >= 0.3 is 0 Å². The van der Waals surface area contributed by atoms with Gasteiger partial charge in [-0.05, 0) is 32.0 Å². The van der Waals surface area contributed by atoms with E-state index in [0.29, 0.717) is 5.03 Å². The molecule has 1 fully saturated rings. The first-order valence-corrected chi connectivity index (χ1v) is 6.35. The maximum atomic E-state index is 12.4. The van der Waals surface area contributed by atoms with Crippen LogP contribution in [-0.2, 0) is 10.3 Å². The van der Waals surface area contributed by atoms with Crippen LogP contribution in [-0.4, -0.2) is 35.3 Å². The lowest BCUT2D eigenvalue weighted by Gasteiger charge is -2.36. The van der Waals surface area contributed by atoms with E-state index < -0.39 is 5.54 Å². The lowest BCUT2D eigenvalue weighted by molar-refractivity contribution is -0.131. The first-order chi connectivity index (χ1) is 8.65. The lowest BCUT2D eigenvalue weighted by Crippen LogP contribution is -2.54. The zero-order valence-electron chi connectivity index (χ0n) is 10.2. The average Bonchev–Trinajstić information content (AvgIpc) is 2.91. The first kappa shape index (κ1) is 13.1. The highest BCUT2D eigenvalue weighted by Gasteiger charge is 2.41. The highest BCUT2D eigenvalue weighted by molar-refractivity contribution is 6.29. The van der Waals surface area contributed by atoms with Gasteiger partial charge in [-0.3, -0.25) is 9.48 Å². The molecule has 6 heteroatoms. The number of carbonyl (C=O) groups is 1. The van der Waals surface area contributed by atoms with Crippen molar-refractivity contribution in [2.75, 3.05) is 19.6 Å². The van der Waals surface area contributed by atoms with Gasteiger partial charge in [0, 0.05) is 17.4 Å². The second-order valence-electron chi connectivity index (χ2n) is 4.43. The minimum atomic E-state index is -0.610. The summed E-state index contributed by atoms with van der Waals surface area (Å²) in [6, 6.07) is 1.83. The van der Waals surface area contributed by atoms with E-state index in [1.165, 1.54) is 0 Å². The predicted octanol–water partition coefficient (Wildman–Crippen LogP) is 0.830. The van der Waals surface area contributed by atoms with E-state index in [0.717, 1.165) is 25.9 Å². The largest absolute Gasteiger partial charge is 0.349 e. The van der Waals surface area contributed by atoms with Gasteiger partial charge in [-0.15, -0.1) is 0 Å². The molecule has 2 heterocycles. The summed E-state index contributed by atoms with van der Waals surface area (Å²) in [6.07, 6.45) is 4.96. The normalized spacial score (nSPS) is 18.3. The highest BCUT2D eigenvalue weighted by Crippen LogP contribution is 2.27. The van der Waals surface area contributed by atoms with E-state index in [1.54, 1.807) is 10.9 Å². The number of nitrogens with one attached hydrogen (secondary N) is 2. The van der Waals surface area contributed by atoms with Crippen LogP contribution in [0.4, 0.5) is 0 Å². The molecule has 5 nitrogen and oxygen atoms in total. The molecule has 1 amide bonds. The second-order valence-corrected chi connectivity index (χ2v) is 4.97. The summed E-state index contributed by atoms with van der Waals surface area (Å²) in [7, 11) is 0. The van der Waals surface area contributed by atoms with Crippen LogP contribution in [0, 0.1) is 0 Å². The van der Waals surface area contributed by atoms with E-state index in [-0.39, 0.29) is 12.5 Å². The molecule has 0 spiro atoms. The summed E-state index contributed by atoms with van der Waals surface area (Å²) in [4.78, 5) is 12.4. The maximum absolute atomic E-state index is 12.4. The maximum Gasteiger partial charge on any atom is 0.248 e. The molecule has 1 aromatic heterocycles. The van der Waals surface area contributed by atoms with Gasteiger partial charge in [0.2, 0.25) is 5.91 Å². The Labute approximate surface area is 111 Å². The van der Waals surface area contributed by atoms with E-state index in [4.69, 9.17) is 11.6 Å². The topological polar surface area (TPSA) is 59.0 Å². The van der Waals surface area contributed by atoms with E-state index in [9.17, 15) is 4.79 Å². The number of hydrogen-bond acceptors (Lipinski definition) is 3. The molecule has 0 atom stereocenters. The van der Waals surface area contributed by atoms with Crippen LogP contribution < -0.4 is 10.6 Å². The molecule has 1 aliphatic heterocycles. The summed E-state index contributed by atoms with van der Waals surface area (Å²) in [5.74, 6) is -0.0468. The van der Waals surface area contributed by atoms with Gasteiger partial charge in [-0.1, -0.05) is 18.2 Å². The van der Waals surface area contributed by atoms with Crippen LogP contribution in [0.25, 0.3) is 0 Å². The molecule has 0 radical (unpaired) electrons. The molecule has 1 aliphatic rings. The van der Waals surface area contributed by atoms with Gasteiger partial charge < -0.3 is 10.6 Å². The van der Waals surface area contributed by atoms with Crippen molar-refractivity contribution in [2.45, 2.75) is 18.4 Å². The number of rotatable bonds is 4. The molecular formula is C12H17ClN4O. The van der Waals surface area contributed by atoms with Crippen LogP contribution in [0.15, 0.2) is 30.1 Å². The Morgan fingerprint density at radius 1 is 1.56 bits per heavy atom. The molecule has 0 saturated carbocycles. The summed E-state index contributed by atoms with van der Waals surface area (Å²) < 4.78 is 1.75. The zero-order chi connectivity index (χ0) is 13.0. The Morgan fingerprint density at radius 2 is 2.28 bits per heavy atom. The first-order valence-electron chi connectivity index (χ1n) is 5.97. The SMILES string of the molecule is C=C(Cl)CNC(=O)C1(n2cccn2)CCNCC1. The molecular weight excluding hydrogens is 252 g/mol. The number of carbonyl (C=O) groups excluding carboxylic acids is 1. The zero-order valence-corrected chi connectivity index (χ0v) is 10.9. The van der Waals surface area contributed by atoms with Gasteiger partial charge in [-0.25, -0.2) is 0 Å². The van der Waals surface area contributed by atoms with Crippen LogP contribution >= 0.6 is 11.6 Å². The Morgan fingerprint density at radius 3 is 2.83 bits per heavy atom. The highest BCUT2D eigenvalue weighted by atomic mass is 35.5. The quantitative estimate of drug-likeness (QED) is 0.850. The van der Waals surface area contributed by atoms with E-state index in [2.05, 4.69) is 22.3 Å². The predicted molar refractivity (Wildman–Crippen MR) is 70.3 cm³/mol. The van der Waals surface area contributed by atoms with Crippen molar-refractivity contribution >= 4 is 17.5 Å².